The summed E-state index contributed by atoms with van der Waals surface area (Å²) < 4.78 is 24.8. The van der Waals surface area contributed by atoms with E-state index in [9.17, 15) is 18.3 Å². The molecule has 1 saturated heterocycles. The van der Waals surface area contributed by atoms with Gasteiger partial charge >= 0.3 is 0 Å². The van der Waals surface area contributed by atoms with Crippen molar-refractivity contribution >= 4 is 26.8 Å². The lowest BCUT2D eigenvalue weighted by molar-refractivity contribution is 0.0886. The number of hydrogen-bond acceptors (Lipinski definition) is 5. The summed E-state index contributed by atoms with van der Waals surface area (Å²) in [5.41, 5.74) is 1.44. The molecule has 1 aromatic heterocycles. The van der Waals surface area contributed by atoms with E-state index in [4.69, 9.17) is 0 Å². The summed E-state index contributed by atoms with van der Waals surface area (Å²) in [5.74, 6) is 0.225. The molecular weight excluding hydrogens is 330 g/mol. The number of benzene rings is 1. The predicted molar refractivity (Wildman–Crippen MR) is 90.9 cm³/mol. The quantitative estimate of drug-likeness (QED) is 0.849. The molecule has 1 aromatic carbocycles. The number of nitrogens with one attached hydrogen (secondary N) is 1. The molecule has 2 N–H and O–H groups in total. The van der Waals surface area contributed by atoms with Gasteiger partial charge < -0.3 is 15.0 Å². The SMILES string of the molecule is Cc1c(O)ccc2nc(C(=O)NC3(C)CCS(=O)(=O)CC3)n(C)c12. The summed E-state index contributed by atoms with van der Waals surface area (Å²) in [6.07, 6.45) is 0.787. The maximum absolute atomic E-state index is 12.7. The van der Waals surface area contributed by atoms with Gasteiger partial charge in [-0.1, -0.05) is 0 Å². The van der Waals surface area contributed by atoms with Crippen molar-refractivity contribution in [1.29, 1.82) is 0 Å². The molecule has 130 valence electrons. The molecule has 1 aliphatic rings. The van der Waals surface area contributed by atoms with Gasteiger partial charge in [0, 0.05) is 18.2 Å². The molecule has 0 unspecified atom stereocenters. The van der Waals surface area contributed by atoms with Crippen LogP contribution in [0.25, 0.3) is 11.0 Å². The minimum Gasteiger partial charge on any atom is -0.508 e. The fourth-order valence-electron chi connectivity index (χ4n) is 3.13. The van der Waals surface area contributed by atoms with Gasteiger partial charge in [0.1, 0.15) is 15.6 Å². The summed E-state index contributed by atoms with van der Waals surface area (Å²) in [4.78, 5) is 17.0. The van der Waals surface area contributed by atoms with Crippen LogP contribution in [0.5, 0.6) is 5.75 Å². The van der Waals surface area contributed by atoms with Crippen LogP contribution in [0.1, 0.15) is 35.9 Å². The second-order valence-electron chi connectivity index (χ2n) is 6.74. The minimum atomic E-state index is -2.99. The van der Waals surface area contributed by atoms with Crippen molar-refractivity contribution in [3.63, 3.8) is 0 Å². The Morgan fingerprint density at radius 2 is 1.96 bits per heavy atom. The normalized spacial score (nSPS) is 19.3. The van der Waals surface area contributed by atoms with Crippen LogP contribution in [0.15, 0.2) is 12.1 Å². The number of sulfone groups is 1. The van der Waals surface area contributed by atoms with Crippen molar-refractivity contribution in [1.82, 2.24) is 14.9 Å². The highest BCUT2D eigenvalue weighted by molar-refractivity contribution is 7.91. The molecule has 2 aromatic rings. The molecular formula is C16H21N3O4S. The second-order valence-corrected chi connectivity index (χ2v) is 9.04. The molecule has 0 aliphatic carbocycles. The summed E-state index contributed by atoms with van der Waals surface area (Å²) in [7, 11) is -1.27. The Bertz CT molecular complexity index is 916. The molecule has 0 bridgehead atoms. The van der Waals surface area contributed by atoms with Gasteiger partial charge in [-0.3, -0.25) is 4.79 Å². The fraction of sp³-hybridized carbons (Fsp3) is 0.500. The van der Waals surface area contributed by atoms with Gasteiger partial charge in [-0.15, -0.1) is 0 Å². The number of rotatable bonds is 2. The van der Waals surface area contributed by atoms with E-state index < -0.39 is 15.4 Å². The van der Waals surface area contributed by atoms with Crippen molar-refractivity contribution in [2.24, 2.45) is 7.05 Å². The van der Waals surface area contributed by atoms with Crippen LogP contribution in [-0.2, 0) is 16.9 Å². The highest BCUT2D eigenvalue weighted by atomic mass is 32.2. The molecule has 2 heterocycles. The topological polar surface area (TPSA) is 101 Å². The van der Waals surface area contributed by atoms with E-state index in [1.165, 1.54) is 0 Å². The molecule has 0 spiro atoms. The number of aryl methyl sites for hydroxylation is 2. The molecule has 24 heavy (non-hydrogen) atoms. The summed E-state index contributed by atoms with van der Waals surface area (Å²) in [6.45, 7) is 3.63. The van der Waals surface area contributed by atoms with E-state index in [1.54, 1.807) is 30.7 Å². The number of aromatic nitrogens is 2. The maximum atomic E-state index is 12.7. The molecule has 0 saturated carbocycles. The first-order chi connectivity index (χ1) is 11.1. The highest BCUT2D eigenvalue weighted by Crippen LogP contribution is 2.27. The molecule has 1 amide bonds. The predicted octanol–water partition coefficient (Wildman–Crippen LogP) is 1.28. The maximum Gasteiger partial charge on any atom is 0.287 e. The van der Waals surface area contributed by atoms with Crippen LogP contribution in [0.2, 0.25) is 0 Å². The van der Waals surface area contributed by atoms with Crippen molar-refractivity contribution in [2.75, 3.05) is 11.5 Å². The van der Waals surface area contributed by atoms with Crippen molar-refractivity contribution in [2.45, 2.75) is 32.2 Å². The number of phenolic OH excluding ortho intramolecular Hbond substituents is 1. The summed E-state index contributed by atoms with van der Waals surface area (Å²) in [5, 5.41) is 12.8. The Kier molecular flexibility index (Phi) is 3.82. The van der Waals surface area contributed by atoms with E-state index in [2.05, 4.69) is 10.3 Å². The number of carbonyl (C=O) groups is 1. The number of amides is 1. The first kappa shape index (κ1) is 16.8. The van der Waals surface area contributed by atoms with Crippen molar-refractivity contribution < 1.29 is 18.3 Å². The molecule has 1 fully saturated rings. The molecule has 1 aliphatic heterocycles. The molecule has 0 radical (unpaired) electrons. The van der Waals surface area contributed by atoms with Gasteiger partial charge in [0.25, 0.3) is 5.91 Å². The summed E-state index contributed by atoms with van der Waals surface area (Å²) >= 11 is 0. The number of fused-ring (bicyclic) bond motifs is 1. The number of imidazole rings is 1. The van der Waals surface area contributed by atoms with Crippen molar-refractivity contribution in [3.8, 4) is 5.75 Å². The van der Waals surface area contributed by atoms with E-state index in [-0.39, 0.29) is 29.0 Å². The van der Waals surface area contributed by atoms with Crippen LogP contribution in [0.4, 0.5) is 0 Å². The second kappa shape index (κ2) is 5.47. The lowest BCUT2D eigenvalue weighted by Gasteiger charge is -2.34. The van der Waals surface area contributed by atoms with Crippen molar-refractivity contribution in [3.05, 3.63) is 23.5 Å². The van der Waals surface area contributed by atoms with Gasteiger partial charge in [0.2, 0.25) is 0 Å². The first-order valence-electron chi connectivity index (χ1n) is 7.80. The van der Waals surface area contributed by atoms with Gasteiger partial charge in [-0.05, 0) is 38.8 Å². The molecule has 8 heteroatoms. The molecule has 7 nitrogen and oxygen atoms in total. The van der Waals surface area contributed by atoms with E-state index in [0.29, 0.717) is 29.4 Å². The Hall–Kier alpha value is -2.09. The lowest BCUT2D eigenvalue weighted by atomic mass is 9.95. The van der Waals surface area contributed by atoms with Gasteiger partial charge in [-0.2, -0.15) is 0 Å². The standard InChI is InChI=1S/C16H21N3O4S/c1-10-12(20)5-4-11-13(10)19(3)14(17-11)15(21)18-16(2)6-8-24(22,23)9-7-16/h4-5,20H,6-9H2,1-3H3,(H,18,21). The summed E-state index contributed by atoms with van der Waals surface area (Å²) in [6, 6.07) is 3.23. The number of phenols is 1. The lowest BCUT2D eigenvalue weighted by Crippen LogP contribution is -2.51. The third kappa shape index (κ3) is 2.86. The van der Waals surface area contributed by atoms with Gasteiger partial charge in [0.15, 0.2) is 5.82 Å². The third-order valence-electron chi connectivity index (χ3n) is 4.81. The van der Waals surface area contributed by atoms with E-state index in [1.807, 2.05) is 6.92 Å². The van der Waals surface area contributed by atoms with Gasteiger partial charge in [0.05, 0.1) is 22.5 Å². The molecule has 3 rings (SSSR count). The van der Waals surface area contributed by atoms with E-state index >= 15 is 0 Å². The third-order valence-corrected chi connectivity index (χ3v) is 6.46. The average Bonchev–Trinajstić information content (AvgIpc) is 2.85. The van der Waals surface area contributed by atoms with E-state index in [0.717, 1.165) is 0 Å². The number of carbonyl (C=O) groups excluding carboxylic acids is 1. The largest absolute Gasteiger partial charge is 0.508 e. The Morgan fingerprint density at radius 3 is 2.58 bits per heavy atom. The zero-order chi connectivity index (χ0) is 17.7. The average molecular weight is 351 g/mol. The highest BCUT2D eigenvalue weighted by Gasteiger charge is 2.35. The number of nitrogens with zero attached hydrogens (tertiary/aromatic N) is 2. The van der Waals surface area contributed by atoms with Gasteiger partial charge in [-0.25, -0.2) is 13.4 Å². The Balaban J connectivity index is 1.90. The molecule has 0 atom stereocenters. The monoisotopic (exact) mass is 351 g/mol. The Morgan fingerprint density at radius 1 is 1.33 bits per heavy atom. The zero-order valence-corrected chi connectivity index (χ0v) is 14.8. The Labute approximate surface area is 140 Å². The number of hydrogen-bond donors (Lipinski definition) is 2. The zero-order valence-electron chi connectivity index (χ0n) is 14.0. The fourth-order valence-corrected chi connectivity index (χ4v) is 4.86. The number of aromatic hydroxyl groups is 1. The first-order valence-corrected chi connectivity index (χ1v) is 9.62. The van der Waals surface area contributed by atoms with Crippen LogP contribution in [-0.4, -0.2) is 46.0 Å². The van der Waals surface area contributed by atoms with Crippen LogP contribution >= 0.6 is 0 Å². The van der Waals surface area contributed by atoms with Crippen LogP contribution < -0.4 is 5.32 Å². The van der Waals surface area contributed by atoms with Crippen LogP contribution in [0, 0.1) is 6.92 Å². The van der Waals surface area contributed by atoms with Crippen LogP contribution in [0.3, 0.4) is 0 Å². The smallest absolute Gasteiger partial charge is 0.287 e. The minimum absolute atomic E-state index is 0.0826.